The molecule has 0 saturated heterocycles. The number of halogens is 6. The Morgan fingerprint density at radius 3 is 1.29 bits per heavy atom. The van der Waals surface area contributed by atoms with Crippen LogP contribution in [0.15, 0.2) is 111 Å². The summed E-state index contributed by atoms with van der Waals surface area (Å²) in [5.74, 6) is 3.28. The summed E-state index contributed by atoms with van der Waals surface area (Å²) in [4.78, 5) is 79.7. The van der Waals surface area contributed by atoms with Crippen molar-refractivity contribution in [3.63, 3.8) is 0 Å². The van der Waals surface area contributed by atoms with Crippen LogP contribution in [0.5, 0.6) is 23.0 Å². The number of aromatic nitrogens is 6. The number of aldehydes is 1. The molecule has 3 aromatic heterocycles. The second kappa shape index (κ2) is 68.7. The fraction of sp³-hybridized carbons (Fsp3) is 0.333. The zero-order chi connectivity index (χ0) is 68.4. The van der Waals surface area contributed by atoms with Crippen LogP contribution in [0.25, 0.3) is 4.85 Å². The third kappa shape index (κ3) is 50.7. The number of nitrogens with one attached hydrogen (secondary N) is 2. The largest absolute Gasteiger partial charge is 0.497 e. The van der Waals surface area contributed by atoms with E-state index in [-0.39, 0.29) is 209 Å². The summed E-state index contributed by atoms with van der Waals surface area (Å²) in [6.45, 7) is 24.7. The zero-order valence-corrected chi connectivity index (χ0v) is 76.6. The third-order valence-electron chi connectivity index (χ3n) is 11.3. The number of nitriles is 1. The maximum absolute atomic E-state index is 12.1. The summed E-state index contributed by atoms with van der Waals surface area (Å²) in [5.41, 5.74) is 13.0. The van der Waals surface area contributed by atoms with Crippen molar-refractivity contribution in [1.29, 1.82) is 5.26 Å². The summed E-state index contributed by atoms with van der Waals surface area (Å²) < 4.78 is 23.4. The number of carbonyl (C=O) groups is 3. The first kappa shape index (κ1) is 118. The minimum Gasteiger partial charge on any atom is -0.497 e. The van der Waals surface area contributed by atoms with Gasteiger partial charge in [0.05, 0.1) is 40.7 Å². The van der Waals surface area contributed by atoms with Gasteiger partial charge >= 0.3 is 10.5 Å². The second-order valence-electron chi connectivity index (χ2n) is 18.9. The number of nitrogens with two attached hydrogens (primary N) is 1. The molecule has 20 nitrogen and oxygen atoms in total. The van der Waals surface area contributed by atoms with E-state index in [1.54, 1.807) is 37.6 Å². The monoisotopic (exact) mass is 1830 g/mol. The number of H-pyrrole nitrogens is 1. The molecule has 0 amide bonds. The zero-order valence-electron chi connectivity index (χ0n) is 58.4. The molecule has 7 aromatic rings. The van der Waals surface area contributed by atoms with Crippen molar-refractivity contribution < 1.29 is 187 Å². The Bertz CT molecular complexity index is 3530. The maximum atomic E-state index is 12.1. The van der Waals surface area contributed by atoms with E-state index in [0.717, 1.165) is 70.2 Å². The van der Waals surface area contributed by atoms with E-state index < -0.39 is 18.6 Å². The average Bonchev–Trinajstić information content (AvgIpc) is 0.817. The minimum atomic E-state index is -1.33. The molecule has 0 aliphatic heterocycles. The van der Waals surface area contributed by atoms with Crippen LogP contribution in [0.3, 0.4) is 0 Å². The number of hydrogen-bond acceptors (Lipinski definition) is 16. The van der Waals surface area contributed by atoms with Gasteiger partial charge in [-0.25, -0.2) is 22.1 Å². The Morgan fingerprint density at radius 1 is 0.636 bits per heavy atom. The SMILES string of the molecule is CCC=O.CCc1[nH]c(=O)[c-]nc1Cl.CCc1c(Cl)n[c-]c(=O)n1Cc1ccc(OC)cc1.CCc1c(Cl)nc(Cl)c(=O)n1Cc1ccc(OC)cc1.COc1ccc(CN)cc1.C[Si](C)(C)C#N.O=C(Cl)C(=O)Cl.[C-]#[N+]C(CC)NCc1ccc(OC)cc1.[CH3-].[CH3-].[CH3-].[V].[V].[V].[Y].[Y].[Y]. The van der Waals surface area contributed by atoms with Crippen LogP contribution < -0.4 is 46.7 Å². The van der Waals surface area contributed by atoms with Crippen LogP contribution in [-0.2, 0) is 214 Å². The summed E-state index contributed by atoms with van der Waals surface area (Å²) >= 11 is 32.4. The van der Waals surface area contributed by atoms with Crippen molar-refractivity contribution in [2.24, 2.45) is 5.73 Å². The Kier molecular flexibility index (Phi) is 81.8. The maximum Gasteiger partial charge on any atom is 0.304 e. The molecule has 33 heteroatoms. The first-order valence-corrected chi connectivity index (χ1v) is 33.3. The number of benzene rings is 4. The van der Waals surface area contributed by atoms with Crippen LogP contribution in [0.2, 0.25) is 40.3 Å². The molecule has 0 bridgehead atoms. The smallest absolute Gasteiger partial charge is 0.304 e. The molecule has 99 heavy (non-hydrogen) atoms. The van der Waals surface area contributed by atoms with E-state index in [1.807, 2.05) is 151 Å². The number of aromatic amines is 1. The molecule has 1 unspecified atom stereocenters. The van der Waals surface area contributed by atoms with Crippen molar-refractivity contribution in [3.8, 4) is 28.7 Å². The third-order valence-corrected chi connectivity index (χ3v) is 13.6. The predicted octanol–water partition coefficient (Wildman–Crippen LogP) is 13.7. The molecule has 7 rings (SSSR count). The molecule has 1 atom stereocenters. The molecule has 0 aliphatic carbocycles. The van der Waals surface area contributed by atoms with Gasteiger partial charge in [0, 0.05) is 192 Å². The van der Waals surface area contributed by atoms with E-state index >= 15 is 0 Å². The summed E-state index contributed by atoms with van der Waals surface area (Å²) in [7, 11) is 5.20. The van der Waals surface area contributed by atoms with E-state index in [1.165, 1.54) is 0 Å². The minimum absolute atomic E-state index is 0. The van der Waals surface area contributed by atoms with Crippen molar-refractivity contribution in [2.75, 3.05) is 28.4 Å². The Labute approximate surface area is 727 Å². The summed E-state index contributed by atoms with van der Waals surface area (Å²) in [5, 5.41) is 9.92. The molecule has 0 saturated carbocycles. The topological polar surface area (TPSA) is 270 Å². The first-order valence-electron chi connectivity index (χ1n) is 27.6. The number of methoxy groups -OCH3 is 4. The number of nitrogens with zero attached hydrogens (tertiary/aromatic N) is 7. The molecule has 0 fully saturated rings. The quantitative estimate of drug-likeness (QED) is 0.0237. The van der Waals surface area contributed by atoms with E-state index in [0.29, 0.717) is 67.0 Å². The molecule has 3 heterocycles. The standard InChI is InChI=1S/C14H14Cl2N2O2.C14H14ClN2O2.C12H16N2O.C8H11NO.C6H6ClN2O.C4H9NSi.C3H6O.C2Cl2O2.3CH3.3V.3Y/c1-3-11-12(15)17-13(16)14(19)18(11)8-9-4-6-10(20-2)7-5-9;1-3-12-14(15)16-8-13(18)17(12)9-10-4-6-11(19-2)7-5-10;1-4-12(13-2)14-9-10-5-7-11(15-3)8-6-10;1-10-8-4-2-7(6-9)3-5-8;1-2-4-6(7)8-3-5(10)9-4;1-6(2,3)4-5;1-2-3-4;3-1(5)2(4)6;;;;;;;;;/h4-7H,3,8H2,1-2H3;4-7H,3,9H2,1-2H3;5-8,12,14H,4,9H2,1,3H3;2-5H,6,9H2,1H3;2H2,1H3,(H,9,10);1-3H3;3H,2H2,1H3;;3*1H3;;;;;;/q;-1;;;-1;;;;3*-1;;;;;;. The van der Waals surface area contributed by atoms with Crippen LogP contribution >= 0.6 is 69.6 Å². The number of rotatable bonds is 18. The van der Waals surface area contributed by atoms with Gasteiger partial charge in [-0.05, 0) is 135 Å². The van der Waals surface area contributed by atoms with Gasteiger partial charge < -0.3 is 75.8 Å². The van der Waals surface area contributed by atoms with Crippen LogP contribution in [-0.4, -0.2) is 88.5 Å². The van der Waals surface area contributed by atoms with Gasteiger partial charge in [-0.15, -0.1) is 0 Å². The van der Waals surface area contributed by atoms with E-state index in [4.69, 9.17) is 82.9 Å². The number of carbonyl (C=O) groups excluding carboxylic acids is 3. The van der Waals surface area contributed by atoms with Gasteiger partial charge in [-0.1, -0.05) is 138 Å². The number of ether oxygens (including phenoxy) is 4. The van der Waals surface area contributed by atoms with Crippen LogP contribution in [0.1, 0.15) is 86.8 Å². The molecule has 0 aliphatic rings. The molecule has 0 spiro atoms. The predicted molar refractivity (Wildman–Crippen MR) is 380 cm³/mol. The summed E-state index contributed by atoms with van der Waals surface area (Å²) in [6, 6.07) is 30.6. The molecule has 6 radical (unpaired) electrons. The van der Waals surface area contributed by atoms with Crippen molar-refractivity contribution in [1.82, 2.24) is 34.4 Å². The fourth-order valence-corrected chi connectivity index (χ4v) is 7.53. The van der Waals surface area contributed by atoms with Crippen LogP contribution in [0.4, 0.5) is 0 Å². The molecule has 4 N–H and O–H groups in total. The van der Waals surface area contributed by atoms with Gasteiger partial charge in [0.15, 0.2) is 29.5 Å². The average molecular weight is 1840 g/mol. The summed E-state index contributed by atoms with van der Waals surface area (Å²) in [6.07, 6.45) is 8.76. The van der Waals surface area contributed by atoms with Gasteiger partial charge in [0.2, 0.25) is 0 Å². The van der Waals surface area contributed by atoms with Gasteiger partial charge in [0.1, 0.15) is 29.3 Å². The fourth-order valence-electron chi connectivity index (χ4n) is 6.47. The van der Waals surface area contributed by atoms with E-state index in [2.05, 4.69) is 71.4 Å². The second-order valence-corrected chi connectivity index (χ2v) is 25.7. The molecule has 4 aromatic carbocycles. The Hall–Kier alpha value is -2.35. The van der Waals surface area contributed by atoms with Crippen molar-refractivity contribution in [2.45, 2.75) is 119 Å². The Balaban J connectivity index is -0.000000118. The normalized spacial score (nSPS) is 9.22. The number of hydrogen-bond donors (Lipinski definition) is 3. The van der Waals surface area contributed by atoms with Gasteiger partial charge in [-0.2, -0.15) is 23.2 Å². The molecular weight excluding hydrogens is 1750 g/mol. The molecule has 534 valence electrons. The van der Waals surface area contributed by atoms with Gasteiger partial charge in [-0.3, -0.25) is 28.8 Å². The van der Waals surface area contributed by atoms with Gasteiger partial charge in [0.25, 0.3) is 11.7 Å². The van der Waals surface area contributed by atoms with Crippen molar-refractivity contribution in [3.05, 3.63) is 234 Å². The molecular formula is C66H85Cl6N10O10SiV3Y3-5. The number of aryl methyl sites for hydroxylation is 1. The first-order chi connectivity index (χ1) is 42.7. The van der Waals surface area contributed by atoms with E-state index in [9.17, 15) is 28.8 Å². The van der Waals surface area contributed by atoms with Crippen molar-refractivity contribution >= 4 is 94.5 Å². The van der Waals surface area contributed by atoms with Crippen LogP contribution in [0, 0.1) is 52.2 Å². The Morgan fingerprint density at radius 2 is 0.990 bits per heavy atom.